The number of anilines is 3. The van der Waals surface area contributed by atoms with Gasteiger partial charge in [-0.05, 0) is 60.7 Å². The number of carbonyl (C=O) groups is 2. The molecule has 0 radical (unpaired) electrons. The molecule has 1 aliphatic rings. The lowest BCUT2D eigenvalue weighted by Gasteiger charge is -2.36. The Morgan fingerprint density at radius 1 is 0.939 bits per heavy atom. The predicted molar refractivity (Wildman–Crippen MR) is 126 cm³/mol. The second-order valence-electron chi connectivity index (χ2n) is 7.61. The van der Waals surface area contributed by atoms with Crippen molar-refractivity contribution in [1.29, 1.82) is 5.26 Å². The van der Waals surface area contributed by atoms with Crippen LogP contribution in [0, 0.1) is 11.3 Å². The molecule has 0 spiro atoms. The first kappa shape index (κ1) is 21.8. The van der Waals surface area contributed by atoms with Crippen LogP contribution in [0.15, 0.2) is 66.9 Å². The maximum absolute atomic E-state index is 12.5. The lowest BCUT2D eigenvalue weighted by atomic mass is 10.2. The molecule has 8 nitrogen and oxygen atoms in total. The third kappa shape index (κ3) is 5.46. The molecule has 1 aromatic heterocycles. The van der Waals surface area contributed by atoms with Crippen molar-refractivity contribution in [2.75, 3.05) is 41.3 Å². The van der Waals surface area contributed by atoms with Gasteiger partial charge in [-0.15, -0.1) is 0 Å². The van der Waals surface area contributed by atoms with E-state index in [1.54, 1.807) is 36.5 Å². The van der Waals surface area contributed by atoms with Crippen molar-refractivity contribution >= 4 is 29.1 Å². The third-order valence-corrected chi connectivity index (χ3v) is 5.35. The molecule has 0 aliphatic carbocycles. The number of hydrogen-bond donors (Lipinski definition) is 1. The molecule has 166 valence electrons. The first-order valence-corrected chi connectivity index (χ1v) is 10.6. The minimum absolute atomic E-state index is 0.236. The molecule has 2 aromatic carbocycles. The zero-order valence-corrected chi connectivity index (χ0v) is 18.2. The number of nitriles is 1. The summed E-state index contributed by atoms with van der Waals surface area (Å²) in [6.45, 7) is 4.70. The number of hydrogen-bond acceptors (Lipinski definition) is 7. The number of nitrogens with one attached hydrogen (secondary N) is 1. The molecule has 2 heterocycles. The van der Waals surface area contributed by atoms with Gasteiger partial charge in [-0.2, -0.15) is 5.26 Å². The van der Waals surface area contributed by atoms with E-state index in [-0.39, 0.29) is 5.91 Å². The van der Waals surface area contributed by atoms with Gasteiger partial charge in [0.1, 0.15) is 17.6 Å². The van der Waals surface area contributed by atoms with Gasteiger partial charge in [0.2, 0.25) is 0 Å². The Morgan fingerprint density at radius 3 is 2.18 bits per heavy atom. The predicted octanol–water partition coefficient (Wildman–Crippen LogP) is 3.46. The summed E-state index contributed by atoms with van der Waals surface area (Å²) in [5.74, 6) is 0.645. The molecule has 33 heavy (non-hydrogen) atoms. The average Bonchev–Trinajstić information content (AvgIpc) is 2.85. The van der Waals surface area contributed by atoms with Gasteiger partial charge in [0, 0.05) is 56.2 Å². The molecule has 1 amide bonds. The van der Waals surface area contributed by atoms with Gasteiger partial charge >= 0.3 is 5.97 Å². The van der Waals surface area contributed by atoms with Gasteiger partial charge in [0.05, 0.1) is 5.56 Å². The van der Waals surface area contributed by atoms with E-state index in [9.17, 15) is 9.59 Å². The summed E-state index contributed by atoms with van der Waals surface area (Å²) in [5, 5.41) is 11.8. The van der Waals surface area contributed by atoms with Crippen LogP contribution < -0.4 is 19.9 Å². The largest absolute Gasteiger partial charge is 0.427 e. The van der Waals surface area contributed by atoms with Crippen molar-refractivity contribution in [3.05, 3.63) is 78.0 Å². The van der Waals surface area contributed by atoms with Crippen LogP contribution in [0.25, 0.3) is 0 Å². The van der Waals surface area contributed by atoms with E-state index < -0.39 is 5.97 Å². The SMILES string of the molecule is CC(=O)Oc1ccc(C(=O)Nc2ccc(N3CCN(c4ccc(C#N)cn4)CC3)cc2)cc1. The topological polar surface area (TPSA) is 98.6 Å². The van der Waals surface area contributed by atoms with Crippen molar-refractivity contribution in [3.8, 4) is 11.8 Å². The van der Waals surface area contributed by atoms with Crippen molar-refractivity contribution < 1.29 is 14.3 Å². The highest BCUT2D eigenvalue weighted by Gasteiger charge is 2.18. The number of benzene rings is 2. The second-order valence-corrected chi connectivity index (χ2v) is 7.61. The molecule has 1 fully saturated rings. The average molecular weight is 441 g/mol. The van der Waals surface area contributed by atoms with E-state index in [0.717, 1.165) is 37.7 Å². The zero-order valence-electron chi connectivity index (χ0n) is 18.2. The van der Waals surface area contributed by atoms with Crippen LogP contribution in [0.3, 0.4) is 0 Å². The fourth-order valence-electron chi connectivity index (χ4n) is 3.63. The van der Waals surface area contributed by atoms with Crippen LogP contribution in [-0.2, 0) is 4.79 Å². The molecule has 3 aromatic rings. The molecule has 0 atom stereocenters. The highest BCUT2D eigenvalue weighted by Crippen LogP contribution is 2.22. The van der Waals surface area contributed by atoms with E-state index >= 15 is 0 Å². The van der Waals surface area contributed by atoms with Crippen molar-refractivity contribution in [2.45, 2.75) is 6.92 Å². The quantitative estimate of drug-likeness (QED) is 0.478. The molecule has 1 N–H and O–H groups in total. The number of esters is 1. The van der Waals surface area contributed by atoms with Gasteiger partial charge < -0.3 is 19.9 Å². The first-order chi connectivity index (χ1) is 16.0. The smallest absolute Gasteiger partial charge is 0.308 e. The van der Waals surface area contributed by atoms with E-state index in [0.29, 0.717) is 22.6 Å². The Hall–Kier alpha value is -4.38. The summed E-state index contributed by atoms with van der Waals surface area (Å²) < 4.78 is 4.99. The number of rotatable bonds is 5. The second kappa shape index (κ2) is 9.83. The van der Waals surface area contributed by atoms with E-state index in [2.05, 4.69) is 26.2 Å². The normalized spacial score (nSPS) is 13.2. The summed E-state index contributed by atoms with van der Waals surface area (Å²) in [4.78, 5) is 32.4. The van der Waals surface area contributed by atoms with E-state index in [1.165, 1.54) is 6.92 Å². The maximum Gasteiger partial charge on any atom is 0.308 e. The standard InChI is InChI=1S/C25H23N5O3/c1-18(31)33-23-9-3-20(4-10-23)25(32)28-21-5-7-22(8-6-21)29-12-14-30(15-13-29)24-11-2-19(16-26)17-27-24/h2-11,17H,12-15H2,1H3,(H,28,32). The van der Waals surface area contributed by atoms with Crippen molar-refractivity contribution in [1.82, 2.24) is 4.98 Å². The van der Waals surface area contributed by atoms with Crippen LogP contribution in [0.1, 0.15) is 22.8 Å². The molecule has 0 saturated carbocycles. The minimum atomic E-state index is -0.403. The molecular weight excluding hydrogens is 418 g/mol. The molecule has 8 heteroatoms. The third-order valence-electron chi connectivity index (χ3n) is 5.35. The van der Waals surface area contributed by atoms with Crippen LogP contribution in [0.5, 0.6) is 5.75 Å². The fourth-order valence-corrected chi connectivity index (χ4v) is 3.63. The van der Waals surface area contributed by atoms with Gasteiger partial charge in [0.15, 0.2) is 0 Å². The highest BCUT2D eigenvalue weighted by atomic mass is 16.5. The highest BCUT2D eigenvalue weighted by molar-refractivity contribution is 6.04. The van der Waals surface area contributed by atoms with Crippen LogP contribution >= 0.6 is 0 Å². The van der Waals surface area contributed by atoms with Gasteiger partial charge in [0.25, 0.3) is 5.91 Å². The number of ether oxygens (including phenoxy) is 1. The minimum Gasteiger partial charge on any atom is -0.427 e. The van der Waals surface area contributed by atoms with E-state index in [1.807, 2.05) is 30.3 Å². The van der Waals surface area contributed by atoms with Gasteiger partial charge in [-0.3, -0.25) is 9.59 Å². The first-order valence-electron chi connectivity index (χ1n) is 10.6. The fraction of sp³-hybridized carbons (Fsp3) is 0.200. The van der Waals surface area contributed by atoms with Crippen LogP contribution in [0.4, 0.5) is 17.2 Å². The van der Waals surface area contributed by atoms with Crippen LogP contribution in [0.2, 0.25) is 0 Å². The summed E-state index contributed by atoms with van der Waals surface area (Å²) >= 11 is 0. The summed E-state index contributed by atoms with van der Waals surface area (Å²) in [6, 6.07) is 19.9. The monoisotopic (exact) mass is 441 g/mol. The zero-order chi connectivity index (χ0) is 23.2. The summed E-state index contributed by atoms with van der Waals surface area (Å²) in [6.07, 6.45) is 1.60. The summed E-state index contributed by atoms with van der Waals surface area (Å²) in [7, 11) is 0. The number of piperazine rings is 1. The van der Waals surface area contributed by atoms with Crippen molar-refractivity contribution in [3.63, 3.8) is 0 Å². The molecule has 0 unspecified atom stereocenters. The molecule has 0 bridgehead atoms. The Bertz CT molecular complexity index is 1160. The molecule has 1 saturated heterocycles. The maximum atomic E-state index is 12.5. The Morgan fingerprint density at radius 2 is 1.61 bits per heavy atom. The molecule has 4 rings (SSSR count). The number of pyridine rings is 1. The Labute approximate surface area is 192 Å². The number of carbonyl (C=O) groups excluding carboxylic acids is 2. The number of aromatic nitrogens is 1. The molecule has 1 aliphatic heterocycles. The summed E-state index contributed by atoms with van der Waals surface area (Å²) in [5.41, 5.74) is 2.82. The van der Waals surface area contributed by atoms with Crippen LogP contribution in [-0.4, -0.2) is 43.0 Å². The Kier molecular flexibility index (Phi) is 6.51. The molecular formula is C25H23N5O3. The lowest BCUT2D eigenvalue weighted by molar-refractivity contribution is -0.131. The van der Waals surface area contributed by atoms with Crippen molar-refractivity contribution in [2.24, 2.45) is 0 Å². The van der Waals surface area contributed by atoms with E-state index in [4.69, 9.17) is 10.00 Å². The number of nitrogens with zero attached hydrogens (tertiary/aromatic N) is 4. The van der Waals surface area contributed by atoms with Gasteiger partial charge in [-0.25, -0.2) is 4.98 Å². The number of amides is 1. The van der Waals surface area contributed by atoms with Gasteiger partial charge in [-0.1, -0.05) is 0 Å². The Balaban J connectivity index is 1.31. The lowest BCUT2D eigenvalue weighted by Crippen LogP contribution is -2.46.